The number of ether oxygens (including phenoxy) is 1. The van der Waals surface area contributed by atoms with Crippen LogP contribution in [-0.4, -0.2) is 24.2 Å². The van der Waals surface area contributed by atoms with Gasteiger partial charge < -0.3 is 15.2 Å². The number of hydrogen-bond donors (Lipinski definition) is 2. The maximum Gasteiger partial charge on any atom is 0.255 e. The molecule has 1 aromatic rings. The molecule has 0 aliphatic heterocycles. The van der Waals surface area contributed by atoms with Crippen LogP contribution in [0.15, 0.2) is 18.2 Å². The van der Waals surface area contributed by atoms with Crippen LogP contribution in [-0.2, 0) is 0 Å². The number of methoxy groups -OCH3 is 1. The molecule has 0 fully saturated rings. The minimum atomic E-state index is -0.261. The Morgan fingerprint density at radius 1 is 1.39 bits per heavy atom. The highest BCUT2D eigenvalue weighted by atomic mass is 16.5. The van der Waals surface area contributed by atoms with Crippen LogP contribution in [0.25, 0.3) is 0 Å². The lowest BCUT2D eigenvalue weighted by Gasteiger charge is -2.16. The number of amides is 1. The molecule has 0 aromatic heterocycles. The number of aromatic hydroxyl groups is 1. The van der Waals surface area contributed by atoms with Crippen LogP contribution in [0.5, 0.6) is 11.5 Å². The van der Waals surface area contributed by atoms with Gasteiger partial charge in [0.15, 0.2) is 0 Å². The summed E-state index contributed by atoms with van der Waals surface area (Å²) in [6.07, 6.45) is 0.905. The lowest BCUT2D eigenvalue weighted by atomic mass is 10.0. The Bertz CT molecular complexity index is 416. The van der Waals surface area contributed by atoms with Crippen molar-refractivity contribution in [1.82, 2.24) is 5.32 Å². The van der Waals surface area contributed by atoms with Gasteiger partial charge in [0.05, 0.1) is 12.7 Å². The van der Waals surface area contributed by atoms with Crippen LogP contribution >= 0.6 is 0 Å². The fourth-order valence-electron chi connectivity index (χ4n) is 1.90. The van der Waals surface area contributed by atoms with Gasteiger partial charge in [0.25, 0.3) is 5.91 Å². The monoisotopic (exact) mass is 251 g/mol. The van der Waals surface area contributed by atoms with Crippen molar-refractivity contribution in [3.63, 3.8) is 0 Å². The average Bonchev–Trinajstić information content (AvgIpc) is 2.27. The predicted molar refractivity (Wildman–Crippen MR) is 71.0 cm³/mol. The number of benzene rings is 1. The van der Waals surface area contributed by atoms with E-state index < -0.39 is 0 Å². The maximum atomic E-state index is 11.9. The highest BCUT2D eigenvalue weighted by molar-refractivity contribution is 5.97. The van der Waals surface area contributed by atoms with Crippen molar-refractivity contribution >= 4 is 5.91 Å². The van der Waals surface area contributed by atoms with E-state index >= 15 is 0 Å². The smallest absolute Gasteiger partial charge is 0.255 e. The molecule has 1 amide bonds. The Kier molecular flexibility index (Phi) is 5.01. The number of phenols is 1. The van der Waals surface area contributed by atoms with Crippen LogP contribution in [0, 0.1) is 5.92 Å². The second-order valence-electron chi connectivity index (χ2n) is 4.89. The molecule has 18 heavy (non-hydrogen) atoms. The van der Waals surface area contributed by atoms with Gasteiger partial charge in [-0.05, 0) is 31.4 Å². The molecule has 1 unspecified atom stereocenters. The van der Waals surface area contributed by atoms with Gasteiger partial charge in [-0.25, -0.2) is 0 Å². The summed E-state index contributed by atoms with van der Waals surface area (Å²) in [5.74, 6) is 0.718. The summed E-state index contributed by atoms with van der Waals surface area (Å²) in [6, 6.07) is 4.73. The molecule has 0 radical (unpaired) electrons. The van der Waals surface area contributed by atoms with Crippen molar-refractivity contribution in [2.75, 3.05) is 7.11 Å². The fourth-order valence-corrected chi connectivity index (χ4v) is 1.90. The second kappa shape index (κ2) is 6.28. The summed E-state index contributed by atoms with van der Waals surface area (Å²) in [7, 11) is 1.51. The third-order valence-electron chi connectivity index (χ3n) is 2.65. The highest BCUT2D eigenvalue weighted by Crippen LogP contribution is 2.23. The summed E-state index contributed by atoms with van der Waals surface area (Å²) in [5.41, 5.74) is 0.270. The van der Waals surface area contributed by atoms with Gasteiger partial charge in [0.1, 0.15) is 11.5 Å². The first-order valence-electron chi connectivity index (χ1n) is 6.12. The normalized spacial score (nSPS) is 12.3. The molecule has 0 aliphatic carbocycles. The molecule has 1 atom stereocenters. The SMILES string of the molecule is COc1ccc(C(=O)NC(C)CC(C)C)c(O)c1. The topological polar surface area (TPSA) is 58.6 Å². The Morgan fingerprint density at radius 2 is 2.06 bits per heavy atom. The van der Waals surface area contributed by atoms with Crippen LogP contribution in [0.2, 0.25) is 0 Å². The number of nitrogens with one attached hydrogen (secondary N) is 1. The van der Waals surface area contributed by atoms with E-state index in [1.54, 1.807) is 12.1 Å². The summed E-state index contributed by atoms with van der Waals surface area (Å²) in [5, 5.41) is 12.6. The minimum absolute atomic E-state index is 0.0661. The molecule has 0 spiro atoms. The molecule has 4 nitrogen and oxygen atoms in total. The van der Waals surface area contributed by atoms with E-state index in [2.05, 4.69) is 19.2 Å². The Labute approximate surface area is 108 Å². The molecular weight excluding hydrogens is 230 g/mol. The van der Waals surface area contributed by atoms with Gasteiger partial charge in [-0.2, -0.15) is 0 Å². The van der Waals surface area contributed by atoms with Gasteiger partial charge in [0.2, 0.25) is 0 Å². The van der Waals surface area contributed by atoms with E-state index in [-0.39, 0.29) is 23.3 Å². The van der Waals surface area contributed by atoms with E-state index in [1.165, 1.54) is 13.2 Å². The molecule has 0 saturated carbocycles. The molecule has 0 heterocycles. The molecule has 1 rings (SSSR count). The van der Waals surface area contributed by atoms with Crippen LogP contribution < -0.4 is 10.1 Å². The first kappa shape index (κ1) is 14.4. The third kappa shape index (κ3) is 3.95. The Balaban J connectivity index is 2.72. The van der Waals surface area contributed by atoms with E-state index in [1.807, 2.05) is 6.92 Å². The summed E-state index contributed by atoms with van der Waals surface area (Å²) in [6.45, 7) is 6.17. The Morgan fingerprint density at radius 3 is 2.56 bits per heavy atom. The molecule has 0 bridgehead atoms. The van der Waals surface area contributed by atoms with Crippen molar-refractivity contribution in [3.05, 3.63) is 23.8 Å². The maximum absolute atomic E-state index is 11.9. The zero-order valence-electron chi connectivity index (χ0n) is 11.4. The molecule has 2 N–H and O–H groups in total. The standard InChI is InChI=1S/C14H21NO3/c1-9(2)7-10(3)15-14(17)12-6-5-11(18-4)8-13(12)16/h5-6,8-10,16H,7H2,1-4H3,(H,15,17). The first-order valence-corrected chi connectivity index (χ1v) is 6.12. The lowest BCUT2D eigenvalue weighted by Crippen LogP contribution is -2.33. The molecular formula is C14H21NO3. The molecule has 0 aliphatic rings. The minimum Gasteiger partial charge on any atom is -0.507 e. The molecule has 100 valence electrons. The van der Waals surface area contributed by atoms with Gasteiger partial charge >= 0.3 is 0 Å². The summed E-state index contributed by atoms with van der Waals surface area (Å²) < 4.78 is 4.97. The van der Waals surface area contributed by atoms with Crippen molar-refractivity contribution in [2.24, 2.45) is 5.92 Å². The van der Waals surface area contributed by atoms with Gasteiger partial charge in [-0.15, -0.1) is 0 Å². The first-order chi connectivity index (χ1) is 8.43. The average molecular weight is 251 g/mol. The van der Waals surface area contributed by atoms with E-state index in [9.17, 15) is 9.90 Å². The number of rotatable bonds is 5. The summed E-state index contributed by atoms with van der Waals surface area (Å²) in [4.78, 5) is 11.9. The van der Waals surface area contributed by atoms with Crippen LogP contribution in [0.1, 0.15) is 37.6 Å². The largest absolute Gasteiger partial charge is 0.507 e. The second-order valence-corrected chi connectivity index (χ2v) is 4.89. The number of carbonyl (C=O) groups is 1. The van der Waals surface area contributed by atoms with Gasteiger partial charge in [0, 0.05) is 12.1 Å². The lowest BCUT2D eigenvalue weighted by molar-refractivity contribution is 0.0933. The van der Waals surface area contributed by atoms with Crippen molar-refractivity contribution < 1.29 is 14.6 Å². The quantitative estimate of drug-likeness (QED) is 0.845. The Hall–Kier alpha value is -1.71. The molecule has 1 aromatic carbocycles. The van der Waals surface area contributed by atoms with Gasteiger partial charge in [-0.3, -0.25) is 4.79 Å². The van der Waals surface area contributed by atoms with E-state index in [0.717, 1.165) is 6.42 Å². The number of hydrogen-bond acceptors (Lipinski definition) is 3. The fraction of sp³-hybridized carbons (Fsp3) is 0.500. The van der Waals surface area contributed by atoms with Crippen molar-refractivity contribution in [2.45, 2.75) is 33.2 Å². The highest BCUT2D eigenvalue weighted by Gasteiger charge is 2.14. The van der Waals surface area contributed by atoms with Gasteiger partial charge in [-0.1, -0.05) is 13.8 Å². The van der Waals surface area contributed by atoms with E-state index in [4.69, 9.17) is 4.74 Å². The number of carbonyl (C=O) groups excluding carboxylic acids is 1. The van der Waals surface area contributed by atoms with Crippen molar-refractivity contribution in [3.8, 4) is 11.5 Å². The predicted octanol–water partition coefficient (Wildman–Crippen LogP) is 2.57. The number of phenolic OH excluding ortho intramolecular Hbond substituents is 1. The molecule has 0 saturated heterocycles. The third-order valence-corrected chi connectivity index (χ3v) is 2.65. The molecule has 4 heteroatoms. The zero-order valence-corrected chi connectivity index (χ0v) is 11.4. The summed E-state index contributed by atoms with van der Waals surface area (Å²) >= 11 is 0. The van der Waals surface area contributed by atoms with Crippen LogP contribution in [0.4, 0.5) is 0 Å². The van der Waals surface area contributed by atoms with Crippen molar-refractivity contribution in [1.29, 1.82) is 0 Å². The van der Waals surface area contributed by atoms with E-state index in [0.29, 0.717) is 11.7 Å². The zero-order chi connectivity index (χ0) is 13.7. The van der Waals surface area contributed by atoms with Crippen LogP contribution in [0.3, 0.4) is 0 Å².